The number of aromatic nitrogens is 3. The van der Waals surface area contributed by atoms with E-state index in [9.17, 15) is 14.4 Å². The minimum atomic E-state index is -0.804. The van der Waals surface area contributed by atoms with Crippen LogP contribution in [0.2, 0.25) is 5.02 Å². The van der Waals surface area contributed by atoms with Crippen molar-refractivity contribution >= 4 is 23.3 Å². The molecule has 2 aromatic rings. The first-order valence-corrected chi connectivity index (χ1v) is 6.99. The summed E-state index contributed by atoms with van der Waals surface area (Å²) in [5.74, 6) is -0.378. The van der Waals surface area contributed by atoms with Gasteiger partial charge in [0.1, 0.15) is 24.0 Å². The standard InChI is InChI=1S/C14H12ClN5O3/c1-2-19-7-9(5-16)13(22)20(14(19)23)8-12(21)18-11-4-3-10(15)6-17-11/h3-4,6-7H,2,8H2,1H3,(H,17,18,21). The van der Waals surface area contributed by atoms with Crippen molar-refractivity contribution in [3.8, 4) is 6.07 Å². The largest absolute Gasteiger partial charge is 0.331 e. The van der Waals surface area contributed by atoms with Gasteiger partial charge in [0.25, 0.3) is 5.56 Å². The van der Waals surface area contributed by atoms with Gasteiger partial charge in [-0.25, -0.2) is 14.3 Å². The maximum atomic E-state index is 12.1. The van der Waals surface area contributed by atoms with Gasteiger partial charge in [-0.15, -0.1) is 0 Å². The zero-order chi connectivity index (χ0) is 17.0. The molecule has 0 atom stereocenters. The molecule has 0 unspecified atom stereocenters. The van der Waals surface area contributed by atoms with Crippen LogP contribution in [0.15, 0.2) is 34.1 Å². The van der Waals surface area contributed by atoms with Crippen LogP contribution in [-0.4, -0.2) is 20.0 Å². The van der Waals surface area contributed by atoms with Crippen molar-refractivity contribution in [2.45, 2.75) is 20.0 Å². The number of rotatable bonds is 4. The van der Waals surface area contributed by atoms with E-state index in [0.29, 0.717) is 9.59 Å². The predicted molar refractivity (Wildman–Crippen MR) is 83.2 cm³/mol. The number of pyridine rings is 1. The molecule has 0 aliphatic heterocycles. The molecular weight excluding hydrogens is 322 g/mol. The number of nitrogens with one attached hydrogen (secondary N) is 1. The Labute approximate surface area is 135 Å². The number of carbonyl (C=O) groups excluding carboxylic acids is 1. The van der Waals surface area contributed by atoms with Gasteiger partial charge in [-0.2, -0.15) is 5.26 Å². The lowest BCUT2D eigenvalue weighted by Gasteiger charge is -2.09. The van der Waals surface area contributed by atoms with E-state index in [1.807, 2.05) is 0 Å². The molecule has 8 nitrogen and oxygen atoms in total. The lowest BCUT2D eigenvalue weighted by Crippen LogP contribution is -2.43. The molecule has 1 amide bonds. The average molecular weight is 334 g/mol. The third-order valence-corrected chi connectivity index (χ3v) is 3.22. The SMILES string of the molecule is CCn1cc(C#N)c(=O)n(CC(=O)Nc2ccc(Cl)cn2)c1=O. The molecule has 0 aromatic carbocycles. The normalized spacial score (nSPS) is 10.1. The minimum absolute atomic E-state index is 0.205. The van der Waals surface area contributed by atoms with Crippen molar-refractivity contribution in [1.29, 1.82) is 5.26 Å². The van der Waals surface area contributed by atoms with Crippen LogP contribution in [0, 0.1) is 11.3 Å². The van der Waals surface area contributed by atoms with Crippen LogP contribution in [0.25, 0.3) is 0 Å². The summed E-state index contributed by atoms with van der Waals surface area (Å²) in [5.41, 5.74) is -1.67. The highest BCUT2D eigenvalue weighted by Crippen LogP contribution is 2.09. The molecule has 1 N–H and O–H groups in total. The van der Waals surface area contributed by atoms with Crippen LogP contribution in [0.3, 0.4) is 0 Å². The Morgan fingerprint density at radius 2 is 2.17 bits per heavy atom. The van der Waals surface area contributed by atoms with Crippen LogP contribution >= 0.6 is 11.6 Å². The van der Waals surface area contributed by atoms with E-state index in [4.69, 9.17) is 16.9 Å². The highest BCUT2D eigenvalue weighted by atomic mass is 35.5. The Morgan fingerprint density at radius 1 is 1.43 bits per heavy atom. The van der Waals surface area contributed by atoms with Crippen LogP contribution < -0.4 is 16.6 Å². The fraction of sp³-hybridized carbons (Fsp3) is 0.214. The zero-order valence-electron chi connectivity index (χ0n) is 12.1. The van der Waals surface area contributed by atoms with Crippen molar-refractivity contribution < 1.29 is 4.79 Å². The number of aryl methyl sites for hydroxylation is 1. The number of carbonyl (C=O) groups is 1. The van der Waals surface area contributed by atoms with Gasteiger partial charge in [0.05, 0.1) is 5.02 Å². The van der Waals surface area contributed by atoms with Crippen molar-refractivity contribution in [1.82, 2.24) is 14.1 Å². The highest BCUT2D eigenvalue weighted by Gasteiger charge is 2.14. The fourth-order valence-electron chi connectivity index (χ4n) is 1.87. The first-order chi connectivity index (χ1) is 11.0. The third kappa shape index (κ3) is 3.64. The van der Waals surface area contributed by atoms with E-state index in [1.54, 1.807) is 13.0 Å². The van der Waals surface area contributed by atoms with Crippen LogP contribution in [0.5, 0.6) is 0 Å². The van der Waals surface area contributed by atoms with Gasteiger partial charge in [0, 0.05) is 18.9 Å². The van der Waals surface area contributed by atoms with Crippen LogP contribution in [0.4, 0.5) is 5.82 Å². The molecular formula is C14H12ClN5O3. The molecule has 0 radical (unpaired) electrons. The quantitative estimate of drug-likeness (QED) is 0.880. The maximum Gasteiger partial charge on any atom is 0.331 e. The number of nitriles is 1. The van der Waals surface area contributed by atoms with Gasteiger partial charge in [-0.3, -0.25) is 14.2 Å². The van der Waals surface area contributed by atoms with Gasteiger partial charge in [-0.05, 0) is 19.1 Å². The van der Waals surface area contributed by atoms with Gasteiger partial charge in [0.15, 0.2) is 0 Å². The molecule has 0 fully saturated rings. The predicted octanol–water partition coefficient (Wildman–Crippen LogP) is 0.589. The summed E-state index contributed by atoms with van der Waals surface area (Å²) in [4.78, 5) is 40.0. The van der Waals surface area contributed by atoms with Crippen molar-refractivity contribution in [2.24, 2.45) is 0 Å². The number of halogens is 1. The number of nitrogens with zero attached hydrogens (tertiary/aromatic N) is 4. The molecule has 23 heavy (non-hydrogen) atoms. The van der Waals surface area contributed by atoms with Crippen LogP contribution in [-0.2, 0) is 17.9 Å². The van der Waals surface area contributed by atoms with Crippen molar-refractivity contribution in [3.63, 3.8) is 0 Å². The summed E-state index contributed by atoms with van der Waals surface area (Å²) in [5, 5.41) is 11.8. The Morgan fingerprint density at radius 3 is 2.74 bits per heavy atom. The smallest absolute Gasteiger partial charge is 0.309 e. The lowest BCUT2D eigenvalue weighted by molar-refractivity contribution is -0.116. The summed E-state index contributed by atoms with van der Waals surface area (Å²) in [6, 6.07) is 4.74. The Hall–Kier alpha value is -2.92. The number of hydrogen-bond donors (Lipinski definition) is 1. The fourth-order valence-corrected chi connectivity index (χ4v) is 1.98. The summed E-state index contributed by atoms with van der Waals surface area (Å²) in [6.07, 6.45) is 2.53. The minimum Gasteiger partial charge on any atom is -0.309 e. The van der Waals surface area contributed by atoms with Gasteiger partial charge in [-0.1, -0.05) is 11.6 Å². The highest BCUT2D eigenvalue weighted by molar-refractivity contribution is 6.30. The van der Waals surface area contributed by atoms with E-state index in [0.717, 1.165) is 0 Å². The Kier molecular flexibility index (Phi) is 4.93. The number of amides is 1. The maximum absolute atomic E-state index is 12.1. The van der Waals surface area contributed by atoms with E-state index >= 15 is 0 Å². The molecule has 0 aliphatic carbocycles. The van der Waals surface area contributed by atoms with Crippen molar-refractivity contribution in [2.75, 3.05) is 5.32 Å². The monoisotopic (exact) mass is 333 g/mol. The summed E-state index contributed by atoms with van der Waals surface area (Å²) in [6.45, 7) is 1.45. The van der Waals surface area contributed by atoms with Gasteiger partial charge < -0.3 is 5.32 Å². The Balaban J connectivity index is 2.31. The molecule has 0 spiro atoms. The van der Waals surface area contributed by atoms with E-state index < -0.39 is 23.7 Å². The molecule has 0 bridgehead atoms. The van der Waals surface area contributed by atoms with E-state index in [2.05, 4.69) is 10.3 Å². The molecule has 9 heteroatoms. The molecule has 2 heterocycles. The summed E-state index contributed by atoms with van der Waals surface area (Å²) in [7, 11) is 0. The second kappa shape index (κ2) is 6.89. The molecule has 0 saturated carbocycles. The van der Waals surface area contributed by atoms with Gasteiger partial charge in [0.2, 0.25) is 5.91 Å². The van der Waals surface area contributed by atoms with Crippen molar-refractivity contribution in [3.05, 3.63) is 56.0 Å². The second-order valence-corrected chi connectivity index (χ2v) is 4.96. The molecule has 0 saturated heterocycles. The Bertz CT molecular complexity index is 893. The van der Waals surface area contributed by atoms with E-state index in [1.165, 1.54) is 29.1 Å². The topological polar surface area (TPSA) is 110 Å². The molecule has 0 aliphatic rings. The summed E-state index contributed by atoms with van der Waals surface area (Å²) < 4.78 is 1.90. The first-order valence-electron chi connectivity index (χ1n) is 6.62. The van der Waals surface area contributed by atoms with E-state index in [-0.39, 0.29) is 17.9 Å². The van der Waals surface area contributed by atoms with Gasteiger partial charge >= 0.3 is 5.69 Å². The first kappa shape index (κ1) is 16.5. The lowest BCUT2D eigenvalue weighted by atomic mass is 10.3. The zero-order valence-corrected chi connectivity index (χ0v) is 12.9. The molecule has 118 valence electrons. The second-order valence-electron chi connectivity index (χ2n) is 4.52. The van der Waals surface area contributed by atoms with Crippen LogP contribution in [0.1, 0.15) is 12.5 Å². The average Bonchev–Trinajstić information content (AvgIpc) is 2.54. The summed E-state index contributed by atoms with van der Waals surface area (Å²) >= 11 is 5.69. The third-order valence-electron chi connectivity index (χ3n) is 2.99. The molecule has 2 aromatic heterocycles. The number of anilines is 1. The molecule has 2 rings (SSSR count). The number of hydrogen-bond acceptors (Lipinski definition) is 5.